The normalized spacial score (nSPS) is 11.1. The smallest absolute Gasteiger partial charge is 0.0478 e. The van der Waals surface area contributed by atoms with Crippen molar-refractivity contribution in [2.75, 3.05) is 0 Å². The molecule has 1 aromatic rings. The first kappa shape index (κ1) is 12.3. The summed E-state index contributed by atoms with van der Waals surface area (Å²) in [7, 11) is 0. The minimum absolute atomic E-state index is 0.835. The Balaban J connectivity index is 2.29. The zero-order valence-corrected chi connectivity index (χ0v) is 10.1. The van der Waals surface area contributed by atoms with E-state index in [9.17, 15) is 0 Å². The predicted molar refractivity (Wildman–Crippen MR) is 69.2 cm³/mol. The highest BCUT2D eigenvalue weighted by Crippen LogP contribution is 2.16. The van der Waals surface area contributed by atoms with Crippen molar-refractivity contribution in [3.63, 3.8) is 0 Å². The third kappa shape index (κ3) is 5.03. The number of hydrogen-bond acceptors (Lipinski definition) is 0. The molecule has 0 unspecified atom stereocenters. The fourth-order valence-corrected chi connectivity index (χ4v) is 1.71. The molecule has 0 bridgehead atoms. The highest BCUT2D eigenvalue weighted by Gasteiger charge is 1.92. The molecular weight excluding hydrogens is 204 g/mol. The van der Waals surface area contributed by atoms with Crippen LogP contribution in [0.4, 0.5) is 0 Å². The molecule has 0 fully saturated rings. The molecule has 15 heavy (non-hydrogen) atoms. The van der Waals surface area contributed by atoms with Gasteiger partial charge in [0.25, 0.3) is 0 Å². The van der Waals surface area contributed by atoms with Gasteiger partial charge < -0.3 is 0 Å². The first-order valence-corrected chi connectivity index (χ1v) is 6.13. The fraction of sp³-hybridized carbons (Fsp3) is 0.429. The second kappa shape index (κ2) is 7.53. The van der Waals surface area contributed by atoms with E-state index >= 15 is 0 Å². The summed E-state index contributed by atoms with van der Waals surface area (Å²) < 4.78 is 0. The van der Waals surface area contributed by atoms with Crippen molar-refractivity contribution >= 4 is 17.7 Å². The number of allylic oxidation sites excluding steroid dienone is 1. The fourth-order valence-electron chi connectivity index (χ4n) is 1.51. The highest BCUT2D eigenvalue weighted by atomic mass is 35.5. The van der Waals surface area contributed by atoms with Crippen molar-refractivity contribution < 1.29 is 0 Å². The van der Waals surface area contributed by atoms with Crippen LogP contribution >= 0.6 is 11.6 Å². The van der Waals surface area contributed by atoms with Gasteiger partial charge in [0.05, 0.1) is 0 Å². The third-order valence-electron chi connectivity index (χ3n) is 2.43. The molecule has 0 nitrogen and oxygen atoms in total. The Morgan fingerprint density at radius 3 is 2.67 bits per heavy atom. The van der Waals surface area contributed by atoms with E-state index in [1.54, 1.807) is 0 Å². The Morgan fingerprint density at radius 1 is 1.13 bits per heavy atom. The van der Waals surface area contributed by atoms with E-state index in [-0.39, 0.29) is 0 Å². The predicted octanol–water partition coefficient (Wildman–Crippen LogP) is 5.32. The van der Waals surface area contributed by atoms with Gasteiger partial charge in [-0.15, -0.1) is 0 Å². The number of benzene rings is 1. The van der Waals surface area contributed by atoms with Crippen LogP contribution in [0.25, 0.3) is 6.08 Å². The lowest BCUT2D eigenvalue weighted by molar-refractivity contribution is 0.675. The Labute approximate surface area is 98.0 Å². The van der Waals surface area contributed by atoms with Crippen LogP contribution in [0.1, 0.15) is 44.6 Å². The molecule has 0 amide bonds. The number of unbranched alkanes of at least 4 members (excludes halogenated alkanes) is 4. The van der Waals surface area contributed by atoms with Crippen LogP contribution in [-0.2, 0) is 0 Å². The number of rotatable bonds is 6. The zero-order chi connectivity index (χ0) is 10.9. The standard InChI is InChI=1S/C14H19Cl/c1-2-3-4-5-6-7-10-13-11-8-9-12-14(13)15/h7-12H,2-6H2,1H3. The van der Waals surface area contributed by atoms with Gasteiger partial charge in [0.15, 0.2) is 0 Å². The lowest BCUT2D eigenvalue weighted by Gasteiger charge is -1.97. The maximum Gasteiger partial charge on any atom is 0.0478 e. The molecule has 0 aliphatic rings. The molecular formula is C14H19Cl. The Morgan fingerprint density at radius 2 is 1.93 bits per heavy atom. The Bertz CT molecular complexity index is 302. The summed E-state index contributed by atoms with van der Waals surface area (Å²) in [5.41, 5.74) is 1.12. The number of hydrogen-bond donors (Lipinski definition) is 0. The molecule has 0 radical (unpaired) electrons. The summed E-state index contributed by atoms with van der Waals surface area (Å²) in [6.45, 7) is 2.24. The average Bonchev–Trinajstić information content (AvgIpc) is 2.25. The van der Waals surface area contributed by atoms with Crippen LogP contribution in [0.15, 0.2) is 30.3 Å². The quantitative estimate of drug-likeness (QED) is 0.572. The summed E-state index contributed by atoms with van der Waals surface area (Å²) >= 11 is 6.04. The maximum absolute atomic E-state index is 6.04. The summed E-state index contributed by atoms with van der Waals surface area (Å²) in [6.07, 6.45) is 10.8. The van der Waals surface area contributed by atoms with E-state index in [4.69, 9.17) is 11.6 Å². The highest BCUT2D eigenvalue weighted by molar-refractivity contribution is 6.32. The minimum atomic E-state index is 0.835. The largest absolute Gasteiger partial charge is 0.0839 e. The van der Waals surface area contributed by atoms with Crippen molar-refractivity contribution in [2.45, 2.75) is 39.0 Å². The molecule has 0 aromatic heterocycles. The first-order valence-electron chi connectivity index (χ1n) is 5.75. The first-order chi connectivity index (χ1) is 7.34. The lowest BCUT2D eigenvalue weighted by atomic mass is 10.1. The summed E-state index contributed by atoms with van der Waals surface area (Å²) in [5.74, 6) is 0. The van der Waals surface area contributed by atoms with E-state index in [1.807, 2.05) is 24.3 Å². The van der Waals surface area contributed by atoms with Crippen molar-refractivity contribution in [3.8, 4) is 0 Å². The van der Waals surface area contributed by atoms with E-state index in [0.717, 1.165) is 17.0 Å². The Hall–Kier alpha value is -0.750. The summed E-state index contributed by atoms with van der Waals surface area (Å²) in [4.78, 5) is 0. The summed E-state index contributed by atoms with van der Waals surface area (Å²) in [6, 6.07) is 7.95. The molecule has 0 spiro atoms. The molecule has 0 heterocycles. The van der Waals surface area contributed by atoms with Crippen LogP contribution in [0.2, 0.25) is 5.02 Å². The maximum atomic E-state index is 6.04. The van der Waals surface area contributed by atoms with Gasteiger partial charge >= 0.3 is 0 Å². The monoisotopic (exact) mass is 222 g/mol. The van der Waals surface area contributed by atoms with Gasteiger partial charge in [0.2, 0.25) is 0 Å². The molecule has 0 N–H and O–H groups in total. The zero-order valence-electron chi connectivity index (χ0n) is 9.38. The van der Waals surface area contributed by atoms with E-state index < -0.39 is 0 Å². The average molecular weight is 223 g/mol. The van der Waals surface area contributed by atoms with Gasteiger partial charge in [-0.1, -0.05) is 68.1 Å². The van der Waals surface area contributed by atoms with Crippen LogP contribution in [-0.4, -0.2) is 0 Å². The lowest BCUT2D eigenvalue weighted by Crippen LogP contribution is -1.75. The molecule has 0 saturated carbocycles. The van der Waals surface area contributed by atoms with Gasteiger partial charge in [0.1, 0.15) is 0 Å². The van der Waals surface area contributed by atoms with Crippen molar-refractivity contribution in [1.29, 1.82) is 0 Å². The van der Waals surface area contributed by atoms with Crippen LogP contribution in [0.3, 0.4) is 0 Å². The van der Waals surface area contributed by atoms with Gasteiger partial charge in [-0.2, -0.15) is 0 Å². The van der Waals surface area contributed by atoms with Gasteiger partial charge in [0, 0.05) is 5.02 Å². The molecule has 0 aliphatic carbocycles. The molecule has 1 rings (SSSR count). The second-order valence-corrected chi connectivity index (χ2v) is 4.18. The molecule has 82 valence electrons. The molecule has 1 heteroatoms. The van der Waals surface area contributed by atoms with Crippen molar-refractivity contribution in [3.05, 3.63) is 40.9 Å². The van der Waals surface area contributed by atoms with Gasteiger partial charge in [-0.25, -0.2) is 0 Å². The molecule has 0 saturated heterocycles. The summed E-state index contributed by atoms with van der Waals surface area (Å²) in [5, 5.41) is 0.835. The molecule has 1 aromatic carbocycles. The Kier molecular flexibility index (Phi) is 6.18. The molecule has 0 aliphatic heterocycles. The van der Waals surface area contributed by atoms with Crippen LogP contribution in [0, 0.1) is 0 Å². The van der Waals surface area contributed by atoms with Crippen LogP contribution in [0.5, 0.6) is 0 Å². The third-order valence-corrected chi connectivity index (χ3v) is 2.77. The van der Waals surface area contributed by atoms with Crippen molar-refractivity contribution in [1.82, 2.24) is 0 Å². The van der Waals surface area contributed by atoms with Crippen LogP contribution < -0.4 is 0 Å². The number of halogens is 1. The van der Waals surface area contributed by atoms with Gasteiger partial charge in [-0.05, 0) is 24.5 Å². The van der Waals surface area contributed by atoms with Crippen molar-refractivity contribution in [2.24, 2.45) is 0 Å². The van der Waals surface area contributed by atoms with E-state index in [2.05, 4.69) is 19.1 Å². The SMILES string of the molecule is CCCCCCC=Cc1ccccc1Cl. The minimum Gasteiger partial charge on any atom is -0.0839 e. The van der Waals surface area contributed by atoms with E-state index in [1.165, 1.54) is 25.7 Å². The van der Waals surface area contributed by atoms with Gasteiger partial charge in [-0.3, -0.25) is 0 Å². The second-order valence-electron chi connectivity index (χ2n) is 3.77. The molecule has 0 atom stereocenters. The topological polar surface area (TPSA) is 0 Å². The van der Waals surface area contributed by atoms with E-state index in [0.29, 0.717) is 0 Å².